The molecule has 1 aromatic heterocycles. The number of rotatable bonds is 7. The van der Waals surface area contributed by atoms with Crippen LogP contribution in [0.2, 0.25) is 0 Å². The Balaban J connectivity index is 1.66. The van der Waals surface area contributed by atoms with Crippen LogP contribution in [0.4, 0.5) is 0 Å². The highest BCUT2D eigenvalue weighted by Gasteiger charge is 2.42. The summed E-state index contributed by atoms with van der Waals surface area (Å²) in [5, 5.41) is 19.2. The Bertz CT molecular complexity index is 423. The molecule has 0 bridgehead atoms. The van der Waals surface area contributed by atoms with Crippen molar-refractivity contribution in [2.45, 2.75) is 25.7 Å². The van der Waals surface area contributed by atoms with Crippen molar-refractivity contribution in [1.82, 2.24) is 20.1 Å². The van der Waals surface area contributed by atoms with Crippen LogP contribution in [0.3, 0.4) is 0 Å². The Morgan fingerprint density at radius 1 is 1.67 bits per heavy atom. The fourth-order valence-corrected chi connectivity index (χ4v) is 2.06. The average Bonchev–Trinajstić information content (AvgIpc) is 2.98. The standard InChI is InChI=1S/C11H20N6O/c1-17-8-14-10(15-17)2-5-13-7-11(3-4-11)6-9(12)16-18/h8,13,18H,2-7H2,1H3,(H2,12,16). The van der Waals surface area contributed by atoms with Crippen LogP contribution in [0.1, 0.15) is 25.1 Å². The monoisotopic (exact) mass is 252 g/mol. The van der Waals surface area contributed by atoms with E-state index in [2.05, 4.69) is 20.6 Å². The van der Waals surface area contributed by atoms with Crippen LogP contribution < -0.4 is 11.1 Å². The van der Waals surface area contributed by atoms with Crippen LogP contribution in [0.15, 0.2) is 11.5 Å². The maximum atomic E-state index is 8.57. The Morgan fingerprint density at radius 3 is 3.00 bits per heavy atom. The molecule has 1 fully saturated rings. The minimum atomic E-state index is 0.202. The summed E-state index contributed by atoms with van der Waals surface area (Å²) < 4.78 is 1.70. The summed E-state index contributed by atoms with van der Waals surface area (Å²) in [5.74, 6) is 1.17. The summed E-state index contributed by atoms with van der Waals surface area (Å²) in [4.78, 5) is 4.17. The van der Waals surface area contributed by atoms with Gasteiger partial charge in [0.15, 0.2) is 5.82 Å². The highest BCUT2D eigenvalue weighted by Crippen LogP contribution is 2.48. The number of hydrogen-bond donors (Lipinski definition) is 3. The van der Waals surface area contributed by atoms with E-state index in [9.17, 15) is 0 Å². The molecule has 2 rings (SSSR count). The van der Waals surface area contributed by atoms with Gasteiger partial charge in [-0.1, -0.05) is 5.16 Å². The third kappa shape index (κ3) is 3.43. The summed E-state index contributed by atoms with van der Waals surface area (Å²) in [5.41, 5.74) is 5.75. The number of amidine groups is 1. The minimum absolute atomic E-state index is 0.202. The van der Waals surface area contributed by atoms with Crippen molar-refractivity contribution in [2.24, 2.45) is 23.4 Å². The second kappa shape index (κ2) is 5.34. The van der Waals surface area contributed by atoms with Gasteiger partial charge in [-0.25, -0.2) is 4.98 Å². The molecule has 1 aromatic rings. The summed E-state index contributed by atoms with van der Waals surface area (Å²) in [6, 6.07) is 0. The zero-order chi connectivity index (χ0) is 13.0. The van der Waals surface area contributed by atoms with E-state index in [-0.39, 0.29) is 5.41 Å². The van der Waals surface area contributed by atoms with Crippen molar-refractivity contribution in [3.05, 3.63) is 12.2 Å². The maximum Gasteiger partial charge on any atom is 0.151 e. The van der Waals surface area contributed by atoms with Crippen molar-refractivity contribution in [3.8, 4) is 0 Å². The normalized spacial score (nSPS) is 17.9. The topological polar surface area (TPSA) is 101 Å². The molecule has 0 atom stereocenters. The summed E-state index contributed by atoms with van der Waals surface area (Å²) in [6.45, 7) is 1.75. The second-order valence-corrected chi connectivity index (χ2v) is 5.03. The fourth-order valence-electron chi connectivity index (χ4n) is 2.06. The average molecular weight is 252 g/mol. The molecular formula is C11H20N6O. The molecule has 0 spiro atoms. The third-order valence-electron chi connectivity index (χ3n) is 3.31. The van der Waals surface area contributed by atoms with Gasteiger partial charge < -0.3 is 16.3 Å². The molecule has 4 N–H and O–H groups in total. The Morgan fingerprint density at radius 2 is 2.44 bits per heavy atom. The number of oxime groups is 1. The number of nitrogens with two attached hydrogens (primary N) is 1. The number of nitrogens with one attached hydrogen (secondary N) is 1. The second-order valence-electron chi connectivity index (χ2n) is 5.03. The predicted molar refractivity (Wildman–Crippen MR) is 67.3 cm³/mol. The van der Waals surface area contributed by atoms with Crippen molar-refractivity contribution in [3.63, 3.8) is 0 Å². The summed E-state index contributed by atoms with van der Waals surface area (Å²) in [7, 11) is 1.86. The first kappa shape index (κ1) is 12.8. The molecule has 0 saturated heterocycles. The molecule has 0 aliphatic heterocycles. The SMILES string of the molecule is Cn1cnc(CCNCC2(CC(N)=NO)CC2)n1. The molecule has 1 aliphatic carbocycles. The van der Waals surface area contributed by atoms with Crippen LogP contribution in [0.25, 0.3) is 0 Å². The van der Waals surface area contributed by atoms with Gasteiger partial charge in [0.1, 0.15) is 12.2 Å². The van der Waals surface area contributed by atoms with E-state index < -0.39 is 0 Å². The number of hydrogen-bond acceptors (Lipinski definition) is 5. The Hall–Kier alpha value is -1.63. The Kier molecular flexibility index (Phi) is 3.81. The van der Waals surface area contributed by atoms with E-state index in [0.29, 0.717) is 12.3 Å². The third-order valence-corrected chi connectivity index (χ3v) is 3.31. The largest absolute Gasteiger partial charge is 0.409 e. The van der Waals surface area contributed by atoms with E-state index in [1.165, 1.54) is 0 Å². The van der Waals surface area contributed by atoms with Gasteiger partial charge in [0.2, 0.25) is 0 Å². The van der Waals surface area contributed by atoms with E-state index in [1.807, 2.05) is 7.05 Å². The van der Waals surface area contributed by atoms with Gasteiger partial charge in [-0.2, -0.15) is 5.10 Å². The molecule has 1 heterocycles. The van der Waals surface area contributed by atoms with Gasteiger partial charge >= 0.3 is 0 Å². The molecule has 18 heavy (non-hydrogen) atoms. The van der Waals surface area contributed by atoms with Crippen molar-refractivity contribution < 1.29 is 5.21 Å². The highest BCUT2D eigenvalue weighted by atomic mass is 16.4. The summed E-state index contributed by atoms with van der Waals surface area (Å²) in [6.07, 6.45) is 5.46. The minimum Gasteiger partial charge on any atom is -0.409 e. The van der Waals surface area contributed by atoms with Crippen LogP contribution in [0.5, 0.6) is 0 Å². The first-order valence-corrected chi connectivity index (χ1v) is 6.15. The van der Waals surface area contributed by atoms with Gasteiger partial charge in [0.05, 0.1) is 0 Å². The van der Waals surface area contributed by atoms with Crippen molar-refractivity contribution >= 4 is 5.84 Å². The lowest BCUT2D eigenvalue weighted by atomic mass is 10.0. The molecular weight excluding hydrogens is 232 g/mol. The van der Waals surface area contributed by atoms with Gasteiger partial charge in [-0.3, -0.25) is 4.68 Å². The molecule has 7 heteroatoms. The molecule has 0 radical (unpaired) electrons. The van der Waals surface area contributed by atoms with E-state index in [4.69, 9.17) is 10.9 Å². The van der Waals surface area contributed by atoms with Crippen LogP contribution in [0, 0.1) is 5.41 Å². The molecule has 1 aliphatic rings. The van der Waals surface area contributed by atoms with E-state index in [0.717, 1.165) is 38.2 Å². The van der Waals surface area contributed by atoms with Gasteiger partial charge in [-0.15, -0.1) is 0 Å². The van der Waals surface area contributed by atoms with Crippen molar-refractivity contribution in [1.29, 1.82) is 0 Å². The first-order chi connectivity index (χ1) is 8.63. The summed E-state index contributed by atoms with van der Waals surface area (Å²) >= 11 is 0. The van der Waals surface area contributed by atoms with E-state index >= 15 is 0 Å². The quantitative estimate of drug-likeness (QED) is 0.206. The maximum absolute atomic E-state index is 8.57. The lowest BCUT2D eigenvalue weighted by molar-refractivity contribution is 0.314. The number of nitrogens with zero attached hydrogens (tertiary/aromatic N) is 4. The molecule has 7 nitrogen and oxygen atoms in total. The molecule has 1 saturated carbocycles. The molecule has 100 valence electrons. The predicted octanol–water partition coefficient (Wildman–Crippen LogP) is -0.136. The van der Waals surface area contributed by atoms with Crippen molar-refractivity contribution in [2.75, 3.05) is 13.1 Å². The molecule has 0 unspecified atom stereocenters. The van der Waals surface area contributed by atoms with Crippen LogP contribution in [-0.4, -0.2) is 38.9 Å². The zero-order valence-electron chi connectivity index (χ0n) is 10.6. The van der Waals surface area contributed by atoms with Crippen LogP contribution >= 0.6 is 0 Å². The lowest BCUT2D eigenvalue weighted by Gasteiger charge is -2.14. The number of aromatic nitrogens is 3. The smallest absolute Gasteiger partial charge is 0.151 e. The fraction of sp³-hybridized carbons (Fsp3) is 0.727. The van der Waals surface area contributed by atoms with Gasteiger partial charge in [0, 0.05) is 33.0 Å². The van der Waals surface area contributed by atoms with Gasteiger partial charge in [0.25, 0.3) is 0 Å². The lowest BCUT2D eigenvalue weighted by Crippen LogP contribution is -2.29. The first-order valence-electron chi connectivity index (χ1n) is 6.15. The number of aryl methyl sites for hydroxylation is 1. The zero-order valence-corrected chi connectivity index (χ0v) is 10.6. The van der Waals surface area contributed by atoms with E-state index in [1.54, 1.807) is 11.0 Å². The van der Waals surface area contributed by atoms with Crippen LogP contribution in [-0.2, 0) is 13.5 Å². The molecule has 0 amide bonds. The highest BCUT2D eigenvalue weighted by molar-refractivity contribution is 5.80. The Labute approximate surface area is 106 Å². The molecule has 0 aromatic carbocycles. The van der Waals surface area contributed by atoms with Gasteiger partial charge in [-0.05, 0) is 18.3 Å².